The van der Waals surface area contributed by atoms with Gasteiger partial charge in [0.15, 0.2) is 11.8 Å². The Hall–Kier alpha value is -5.76. The van der Waals surface area contributed by atoms with Crippen molar-refractivity contribution in [3.8, 4) is 11.5 Å². The zero-order chi connectivity index (χ0) is 64.5. The van der Waals surface area contributed by atoms with Gasteiger partial charge in [-0.25, -0.2) is 30.0 Å². The summed E-state index contributed by atoms with van der Waals surface area (Å²) in [6.07, 6.45) is 0. The number of azo groups is 2. The number of nitrogens with zero attached hydrogens (tertiary/aromatic N) is 12. The number of aryl methyl sites for hydroxylation is 1. The van der Waals surface area contributed by atoms with Crippen LogP contribution in [0.2, 0.25) is 10.6 Å². The molecular formula is C51H42Cl2N16Na4O16S4. The molecule has 7 aromatic carbocycles. The molecule has 0 saturated carbocycles. The number of H-pyrrole nitrogens is 4. The third kappa shape index (κ3) is 19.3. The van der Waals surface area contributed by atoms with Crippen LogP contribution in [0.1, 0.15) is 19.4 Å². The first-order chi connectivity index (χ1) is 41.8. The van der Waals surface area contributed by atoms with Gasteiger partial charge in [0.25, 0.3) is 40.5 Å². The number of hydrogen-bond acceptors (Lipinski definition) is 22. The number of ether oxygens (including phenoxy) is 2. The summed E-state index contributed by atoms with van der Waals surface area (Å²) in [5, 5.41) is 35.5. The van der Waals surface area contributed by atoms with Crippen LogP contribution in [0.5, 0.6) is 11.5 Å². The fourth-order valence-corrected chi connectivity index (χ4v) is 11.6. The van der Waals surface area contributed by atoms with E-state index in [0.717, 1.165) is 36.4 Å². The van der Waals surface area contributed by atoms with E-state index in [1.165, 1.54) is 76.6 Å². The van der Waals surface area contributed by atoms with Gasteiger partial charge in [-0.05, 0) is 90.3 Å². The molecule has 10 N–H and O–H groups in total. The maximum absolute atomic E-state index is 12.4. The van der Waals surface area contributed by atoms with Crippen molar-refractivity contribution in [2.45, 2.75) is 40.4 Å². The smallest absolute Gasteiger partial charge is 0.295 e. The van der Waals surface area contributed by atoms with Crippen molar-refractivity contribution in [2.24, 2.45) is 50.4 Å². The summed E-state index contributed by atoms with van der Waals surface area (Å²) in [7, 11) is -17.2. The first-order valence-corrected chi connectivity index (χ1v) is 31.2. The minimum atomic E-state index is -4.99. The molecule has 2 heterocycles. The van der Waals surface area contributed by atoms with Crippen molar-refractivity contribution in [3.05, 3.63) is 142 Å². The van der Waals surface area contributed by atoms with Gasteiger partial charge in [0.1, 0.15) is 53.8 Å². The number of benzene rings is 7. The predicted molar refractivity (Wildman–Crippen MR) is 343 cm³/mol. The van der Waals surface area contributed by atoms with E-state index in [4.69, 9.17) is 37.7 Å². The molecule has 464 valence electrons. The molecule has 0 amide bonds. The normalized spacial score (nSPS) is 13.3. The van der Waals surface area contributed by atoms with Crippen LogP contribution in [0, 0.1) is 6.92 Å². The first kappa shape index (κ1) is 77.9. The summed E-state index contributed by atoms with van der Waals surface area (Å²) in [6, 6.07) is 21.1. The van der Waals surface area contributed by atoms with Gasteiger partial charge in [-0.3, -0.25) is 28.2 Å². The number of aliphatic imine (C=N–C) groups is 2. The molecule has 0 saturated heterocycles. The molecule has 4 radical (unpaired) electrons. The fraction of sp³-hybridized carbons (Fsp3) is 0.0980. The number of hydrogen-bond donors (Lipinski definition) is 10. The summed E-state index contributed by atoms with van der Waals surface area (Å²) in [5.41, 5.74) is -0.184. The van der Waals surface area contributed by atoms with Crippen molar-refractivity contribution in [3.63, 3.8) is 0 Å². The molecule has 0 unspecified atom stereocenters. The standard InChI is InChI=1S/C51H42Cl2N16O16S4.4Na/c1-23-9-6-12-32(56-48-60-46(52)61-49(64-48)57-37-19-33(54-24(2)70)35(21-39(37)84-4)68-66-26-15-30-28(43(17-26)88(78,79)80)10-7-13-41(30)86(72,73)74)45(23)59-51-63-47(53)62-50(65-51)58-38-20-34(55-25(3)71)36(22-40(38)85-5)69-67-27-16-31-29(44(18-27)89(81,82)83)11-8-14-42(31)87(75,76)77;;;;/h6-22H,1-5H3,(H,54,70)(H,55,71)(H,72,73,74)(H,75,76,77)(H,78,79,80)(H,81,82,83)(H2,56,57,60,61,64)(H2,58,59,62,63,65);;;;. The van der Waals surface area contributed by atoms with Gasteiger partial charge in [0, 0.05) is 166 Å². The van der Waals surface area contributed by atoms with Gasteiger partial charge in [-0.2, -0.15) is 53.9 Å². The van der Waals surface area contributed by atoms with Crippen LogP contribution in [-0.4, -0.2) is 236 Å². The zero-order valence-electron chi connectivity index (χ0n) is 49.8. The number of aromatic amines is 4. The first-order valence-electron chi connectivity index (χ1n) is 24.7. The fourth-order valence-electron chi connectivity index (χ4n) is 8.44. The third-order valence-corrected chi connectivity index (χ3v) is 16.0. The minimum Gasteiger partial charge on any atom is -0.497 e. The molecule has 9 rings (SSSR count). The van der Waals surface area contributed by atoms with E-state index in [2.05, 4.69) is 75.3 Å². The number of methoxy groups -OCH3 is 2. The molecule has 0 bridgehead atoms. The average molecular weight is 1430 g/mol. The number of aliphatic hydroxyl groups excluding tert-OH is 2. The molecule has 0 aliphatic carbocycles. The molecule has 32 nitrogen and oxygen atoms in total. The van der Waals surface area contributed by atoms with Crippen molar-refractivity contribution in [1.82, 2.24) is 29.9 Å². The van der Waals surface area contributed by atoms with E-state index in [1.807, 2.05) is 0 Å². The number of aliphatic hydroxyl groups is 2. The average Bonchev–Trinajstić information content (AvgIpc) is 0.784. The summed E-state index contributed by atoms with van der Waals surface area (Å²) in [5.74, 6) is -0.867. The van der Waals surface area contributed by atoms with Crippen LogP contribution in [0.3, 0.4) is 0 Å². The second-order valence-corrected chi connectivity index (χ2v) is 24.5. The number of fused-ring (bicyclic) bond motifs is 2. The number of rotatable bonds is 16. The Bertz CT molecular complexity index is 5380. The Morgan fingerprint density at radius 3 is 1.23 bits per heavy atom. The van der Waals surface area contributed by atoms with Crippen LogP contribution >= 0.6 is 23.2 Å². The second kappa shape index (κ2) is 31.9. The molecule has 0 spiro atoms. The quantitative estimate of drug-likeness (QED) is 0.0143. The summed E-state index contributed by atoms with van der Waals surface area (Å²) < 4.78 is 150. The van der Waals surface area contributed by atoms with Gasteiger partial charge < -0.3 is 29.7 Å². The van der Waals surface area contributed by atoms with Gasteiger partial charge in [0.05, 0.1) is 48.3 Å². The number of aromatic nitrogens is 6. The van der Waals surface area contributed by atoms with Gasteiger partial charge >= 0.3 is 0 Å². The van der Waals surface area contributed by atoms with Crippen LogP contribution in [-0.2, 0) is 40.5 Å². The monoisotopic (exact) mass is 1420 g/mol. The minimum absolute atomic E-state index is 0. The van der Waals surface area contributed by atoms with Crippen LogP contribution in [0.25, 0.3) is 21.5 Å². The van der Waals surface area contributed by atoms with Gasteiger partial charge in [-0.15, -0.1) is 10.2 Å². The molecule has 0 aliphatic rings. The summed E-state index contributed by atoms with van der Waals surface area (Å²) >= 11 is 13.0. The van der Waals surface area contributed by atoms with E-state index < -0.39 is 71.8 Å². The van der Waals surface area contributed by atoms with E-state index in [9.17, 15) is 62.1 Å². The molecule has 93 heavy (non-hydrogen) atoms. The molecule has 9 aromatic rings. The van der Waals surface area contributed by atoms with Crippen molar-refractivity contribution in [2.75, 3.05) is 14.2 Å². The van der Waals surface area contributed by atoms with E-state index in [1.54, 1.807) is 25.1 Å². The van der Waals surface area contributed by atoms with Crippen LogP contribution < -0.4 is 31.9 Å². The Morgan fingerprint density at radius 2 is 0.828 bits per heavy atom. The molecule has 42 heteroatoms. The SMILES string of the molecule is COc1cc(N=Nc2cc(S(=O)(=O)O)c3cccc(S(=O)(=O)O)c3c2)c(N=C(C)O)cc1N=c1nc(Cl)[nH]c(=Nc2c(C)cccc2N=c2nc(Cl)[nH]c(=Nc3cc(N=C(C)O)c(N=Nc4cc(S(=O)(=O)O)c5cccc(S(=O)(=O)O)c5c4)cc3OC)[nH]2)[nH]1.[Na].[Na].[Na].[Na]. The maximum Gasteiger partial charge on any atom is 0.295 e. The number of nitrogens with one attached hydrogen (secondary N) is 4. The Kier molecular flexibility index (Phi) is 26.7. The van der Waals surface area contributed by atoms with Crippen molar-refractivity contribution >= 4 is 272 Å². The third-order valence-electron chi connectivity index (χ3n) is 12.0. The summed E-state index contributed by atoms with van der Waals surface area (Å²) in [6.45, 7) is 4.24. The molecule has 0 atom stereocenters. The van der Waals surface area contributed by atoms with E-state index in [-0.39, 0.29) is 241 Å². The Balaban J connectivity index is 0.00000392. The molecular weight excluding hydrogens is 1380 g/mol. The molecule has 0 aliphatic heterocycles. The van der Waals surface area contributed by atoms with Crippen LogP contribution in [0.15, 0.2) is 173 Å². The van der Waals surface area contributed by atoms with Gasteiger partial charge in [-0.1, -0.05) is 36.4 Å². The number of para-hydroxylation sites is 1. The van der Waals surface area contributed by atoms with E-state index in [0.29, 0.717) is 5.56 Å². The molecule has 2 aromatic heterocycles. The summed E-state index contributed by atoms with van der Waals surface area (Å²) in [4.78, 5) is 43.8. The molecule has 0 fully saturated rings. The predicted octanol–water partition coefficient (Wildman–Crippen LogP) is 8.17. The Morgan fingerprint density at radius 1 is 0.441 bits per heavy atom. The van der Waals surface area contributed by atoms with Crippen molar-refractivity contribution < 1.29 is 71.6 Å². The van der Waals surface area contributed by atoms with Crippen molar-refractivity contribution in [1.29, 1.82) is 0 Å². The topological polar surface area (TPSA) is 489 Å². The largest absolute Gasteiger partial charge is 0.497 e. The van der Waals surface area contributed by atoms with Crippen LogP contribution in [0.4, 0.5) is 56.9 Å². The second-order valence-electron chi connectivity index (χ2n) is 18.3. The zero-order valence-corrected chi connectivity index (χ0v) is 62.6. The Labute approximate surface area is 624 Å². The van der Waals surface area contributed by atoms with Gasteiger partial charge in [0.2, 0.25) is 33.0 Å². The van der Waals surface area contributed by atoms with E-state index >= 15 is 0 Å². The number of halogens is 2. The maximum atomic E-state index is 12.4.